The summed E-state index contributed by atoms with van der Waals surface area (Å²) < 4.78 is 0. The molecule has 0 aromatic heterocycles. The van der Waals surface area contributed by atoms with E-state index in [1.54, 1.807) is 0 Å². The van der Waals surface area contributed by atoms with Gasteiger partial charge in [-0.15, -0.1) is 0 Å². The molecule has 0 heterocycles. The van der Waals surface area contributed by atoms with Crippen LogP contribution in [0.25, 0.3) is 0 Å². The first-order valence-corrected chi connectivity index (χ1v) is 30.7. The van der Waals surface area contributed by atoms with Crippen LogP contribution in [0.5, 0.6) is 0 Å². The highest BCUT2D eigenvalue weighted by atomic mass is 16.2. The summed E-state index contributed by atoms with van der Waals surface area (Å²) in [4.78, 5) is 0. The summed E-state index contributed by atoms with van der Waals surface area (Å²) in [6, 6.07) is 0. The van der Waals surface area contributed by atoms with Gasteiger partial charge in [-0.2, -0.15) is 0 Å². The third kappa shape index (κ3) is 48.4. The van der Waals surface area contributed by atoms with Crippen LogP contribution in [-0.2, 0) is 0 Å². The molecule has 0 aliphatic heterocycles. The first-order chi connectivity index (χ1) is 36.3. The lowest BCUT2D eigenvalue weighted by Crippen LogP contribution is -1.84. The van der Waals surface area contributed by atoms with E-state index in [-0.39, 0.29) is 6.61 Å². The molecule has 0 radical (unpaired) electrons. The zero-order valence-corrected chi connectivity index (χ0v) is 53.1. The molecule has 0 aliphatic rings. The number of allylic oxidation sites excluding steroid dienone is 29. The maximum absolute atomic E-state index is 9.02. The van der Waals surface area contributed by atoms with Crippen molar-refractivity contribution in [1.29, 1.82) is 0 Å². The lowest BCUT2D eigenvalue weighted by atomic mass is 10.0. The molecule has 0 saturated heterocycles. The van der Waals surface area contributed by atoms with E-state index in [1.807, 2.05) is 6.08 Å². The molecule has 428 valence electrons. The van der Waals surface area contributed by atoms with E-state index in [2.05, 4.69) is 196 Å². The zero-order chi connectivity index (χ0) is 56.8. The van der Waals surface area contributed by atoms with Crippen molar-refractivity contribution < 1.29 is 5.11 Å². The quantitative estimate of drug-likeness (QED) is 0.0604. The average Bonchev–Trinajstić information content (AvgIpc) is 3.34. The van der Waals surface area contributed by atoms with Crippen molar-refractivity contribution in [3.8, 4) is 0 Å². The minimum atomic E-state index is 0.148. The van der Waals surface area contributed by atoms with Crippen molar-refractivity contribution in [3.05, 3.63) is 175 Å². The largest absolute Gasteiger partial charge is 0.392 e. The first-order valence-electron chi connectivity index (χ1n) is 30.7. The van der Waals surface area contributed by atoms with Gasteiger partial charge in [-0.1, -0.05) is 175 Å². The molecule has 1 N–H and O–H groups in total. The molecular weight excluding hydrogens is 917 g/mol. The van der Waals surface area contributed by atoms with E-state index in [0.717, 1.165) is 103 Å². The van der Waals surface area contributed by atoms with Gasteiger partial charge in [-0.05, 0) is 291 Å². The Bertz CT molecular complexity index is 2060. The molecule has 0 bridgehead atoms. The van der Waals surface area contributed by atoms with E-state index < -0.39 is 0 Å². The smallest absolute Gasteiger partial charge is 0.0614 e. The zero-order valence-electron chi connectivity index (χ0n) is 53.1. The van der Waals surface area contributed by atoms with Gasteiger partial charge in [0.05, 0.1) is 6.61 Å². The molecule has 1 nitrogen and oxygen atoms in total. The molecule has 0 aliphatic carbocycles. The fourth-order valence-electron chi connectivity index (χ4n) is 9.27. The Balaban J connectivity index is 4.32. The second-order valence-electron chi connectivity index (χ2n) is 23.7. The van der Waals surface area contributed by atoms with E-state index in [0.29, 0.717) is 0 Å². The normalized spacial score (nSPS) is 15.2. The van der Waals surface area contributed by atoms with Gasteiger partial charge in [0.15, 0.2) is 0 Å². The van der Waals surface area contributed by atoms with E-state index in [9.17, 15) is 0 Å². The van der Waals surface area contributed by atoms with Gasteiger partial charge < -0.3 is 5.11 Å². The summed E-state index contributed by atoms with van der Waals surface area (Å²) in [5.74, 6) is 0. The van der Waals surface area contributed by atoms with Crippen LogP contribution in [0.3, 0.4) is 0 Å². The molecule has 0 atom stereocenters. The molecule has 0 saturated carbocycles. The highest BCUT2D eigenvalue weighted by Gasteiger charge is 2.00. The molecular formula is C75H122O. The lowest BCUT2D eigenvalue weighted by molar-refractivity contribution is 0.341. The number of hydrogen-bond acceptors (Lipinski definition) is 1. The summed E-state index contributed by atoms with van der Waals surface area (Å²) in [7, 11) is 0. The molecule has 0 rings (SSSR count). The average molecular weight is 1040 g/mol. The van der Waals surface area contributed by atoms with Crippen molar-refractivity contribution in [3.63, 3.8) is 0 Å². The number of aliphatic hydroxyl groups excluding tert-OH is 1. The van der Waals surface area contributed by atoms with Gasteiger partial charge >= 0.3 is 0 Å². The van der Waals surface area contributed by atoms with Crippen molar-refractivity contribution in [2.45, 2.75) is 291 Å². The van der Waals surface area contributed by atoms with Crippen LogP contribution in [0.4, 0.5) is 0 Å². The maximum Gasteiger partial charge on any atom is 0.0614 e. The third-order valence-corrected chi connectivity index (χ3v) is 14.9. The van der Waals surface area contributed by atoms with Crippen LogP contribution in [0.15, 0.2) is 175 Å². The molecule has 0 aromatic carbocycles. The van der Waals surface area contributed by atoms with Crippen molar-refractivity contribution in [2.24, 2.45) is 0 Å². The Hall–Kier alpha value is -3.94. The van der Waals surface area contributed by atoms with Crippen LogP contribution in [0, 0.1) is 0 Å². The minimum Gasteiger partial charge on any atom is -0.392 e. The van der Waals surface area contributed by atoms with Crippen LogP contribution in [0.1, 0.15) is 291 Å². The molecule has 0 aromatic rings. The number of rotatable bonds is 43. The van der Waals surface area contributed by atoms with Crippen LogP contribution in [0.2, 0.25) is 0 Å². The van der Waals surface area contributed by atoms with Gasteiger partial charge in [-0.25, -0.2) is 0 Å². The highest BCUT2D eigenvalue weighted by molar-refractivity contribution is 5.13. The summed E-state index contributed by atoms with van der Waals surface area (Å²) in [6.45, 7) is 36.5. The van der Waals surface area contributed by atoms with E-state index in [4.69, 9.17) is 5.11 Å². The summed E-state index contributed by atoms with van der Waals surface area (Å²) in [5, 5.41) is 9.02. The second kappa shape index (κ2) is 48.2. The fourth-order valence-corrected chi connectivity index (χ4v) is 9.27. The third-order valence-electron chi connectivity index (χ3n) is 14.9. The van der Waals surface area contributed by atoms with Gasteiger partial charge in [-0.3, -0.25) is 0 Å². The maximum atomic E-state index is 9.02. The minimum absolute atomic E-state index is 0.148. The monoisotopic (exact) mass is 1040 g/mol. The Labute approximate surface area is 474 Å². The molecule has 0 amide bonds. The van der Waals surface area contributed by atoms with Crippen molar-refractivity contribution in [2.75, 3.05) is 6.61 Å². The van der Waals surface area contributed by atoms with Gasteiger partial charge in [0.1, 0.15) is 0 Å². The number of hydrogen-bond donors (Lipinski definition) is 1. The Morgan fingerprint density at radius 2 is 0.276 bits per heavy atom. The van der Waals surface area contributed by atoms with E-state index >= 15 is 0 Å². The topological polar surface area (TPSA) is 20.2 Å². The highest BCUT2D eigenvalue weighted by Crippen LogP contribution is 2.20. The molecule has 1 heteroatoms. The standard InChI is InChI=1S/C75H122O/c1-61(2)31-17-32-62(3)33-18-34-63(4)35-19-36-64(5)37-20-38-65(6)39-21-40-66(7)41-22-42-67(8)43-23-44-68(9)45-24-46-69(10)47-25-48-70(11)49-26-50-71(12)51-27-52-72(13)53-28-54-73(14)55-29-56-74(15)57-30-58-75(16)59-60-76/h31,33,35,37,39,41,43,45,47,49,51,53,55,57,59,76H,17-30,32,34,36,38,40,42,44,46,48,50,52,54,56,58,60H2,1-16H3/b62-33+,63-35+,64-37-,65-39-,66-41-,67-43-,68-45-,69-47-,70-49-,71-51-,72-53-,73-55-,74-57-,75-59-. The van der Waals surface area contributed by atoms with Crippen molar-refractivity contribution >= 4 is 0 Å². The van der Waals surface area contributed by atoms with Gasteiger partial charge in [0.25, 0.3) is 0 Å². The number of aliphatic hydroxyl groups is 1. The fraction of sp³-hybridized carbons (Fsp3) is 0.600. The predicted molar refractivity (Wildman–Crippen MR) is 348 cm³/mol. The Morgan fingerprint density at radius 3 is 0.382 bits per heavy atom. The van der Waals surface area contributed by atoms with Crippen LogP contribution < -0.4 is 0 Å². The summed E-state index contributed by atoms with van der Waals surface area (Å²) in [5.41, 5.74) is 22.5. The van der Waals surface area contributed by atoms with Gasteiger partial charge in [0.2, 0.25) is 0 Å². The first kappa shape index (κ1) is 72.1. The molecule has 0 spiro atoms. The summed E-state index contributed by atoms with van der Waals surface area (Å²) in [6.07, 6.45) is 68.5. The van der Waals surface area contributed by atoms with Gasteiger partial charge in [0, 0.05) is 0 Å². The molecule has 0 fully saturated rings. The van der Waals surface area contributed by atoms with Crippen molar-refractivity contribution in [1.82, 2.24) is 0 Å². The SMILES string of the molecule is CC(C)=CCC/C(C)=C/CC/C(C)=C/CC/C(C)=C\CC/C(C)=C\CC/C(C)=C\CC/C(C)=C\CC/C(C)=C\CC/C(C)=C\CC/C(C)=C\CC/C(C)=C\CC/C(C)=C\CC/C(C)=C\CC/C(C)=C\CC/C(C)=C\CO. The molecule has 76 heavy (non-hydrogen) atoms. The Kier molecular flexibility index (Phi) is 45.7. The lowest BCUT2D eigenvalue weighted by Gasteiger charge is -2.04. The van der Waals surface area contributed by atoms with Crippen LogP contribution >= 0.6 is 0 Å². The van der Waals surface area contributed by atoms with Crippen LogP contribution in [-0.4, -0.2) is 11.7 Å². The molecule has 0 unspecified atom stereocenters. The Morgan fingerprint density at radius 1 is 0.171 bits per heavy atom. The predicted octanol–water partition coefficient (Wildman–Crippen LogP) is 25.1. The second-order valence-corrected chi connectivity index (χ2v) is 23.7. The van der Waals surface area contributed by atoms with E-state index in [1.165, 1.54) is 161 Å². The summed E-state index contributed by atoms with van der Waals surface area (Å²) >= 11 is 0.